The molecule has 19 heavy (non-hydrogen) atoms. The molecule has 0 fully saturated rings. The van der Waals surface area contributed by atoms with E-state index >= 15 is 0 Å². The first-order chi connectivity index (χ1) is 8.84. The van der Waals surface area contributed by atoms with Crippen molar-refractivity contribution in [3.63, 3.8) is 0 Å². The number of rotatable bonds is 7. The van der Waals surface area contributed by atoms with Gasteiger partial charge in [-0.1, -0.05) is 25.5 Å². The van der Waals surface area contributed by atoms with Crippen LogP contribution < -0.4 is 0 Å². The summed E-state index contributed by atoms with van der Waals surface area (Å²) in [7, 11) is 0. The molecule has 0 bridgehead atoms. The van der Waals surface area contributed by atoms with E-state index in [0.29, 0.717) is 24.5 Å². The number of ether oxygens (including phenoxy) is 2. The largest absolute Gasteiger partial charge is 0.351 e. The molecular weight excluding hydrogens is 236 g/mol. The normalized spacial score (nSPS) is 23.3. The molecule has 0 spiro atoms. The summed E-state index contributed by atoms with van der Waals surface area (Å²) in [6.45, 7) is 14.6. The van der Waals surface area contributed by atoms with Gasteiger partial charge in [0, 0.05) is 19.6 Å². The maximum absolute atomic E-state index is 5.82. The van der Waals surface area contributed by atoms with E-state index in [1.165, 1.54) is 12.8 Å². The van der Waals surface area contributed by atoms with Gasteiger partial charge in [-0.15, -0.1) is 0 Å². The van der Waals surface area contributed by atoms with E-state index < -0.39 is 5.79 Å². The second kappa shape index (κ2) is 6.90. The van der Waals surface area contributed by atoms with Gasteiger partial charge >= 0.3 is 0 Å². The molecule has 2 nitrogen and oxygen atoms in total. The Kier molecular flexibility index (Phi) is 6.07. The minimum Gasteiger partial charge on any atom is -0.351 e. The first-order valence-electron chi connectivity index (χ1n) is 7.79. The Morgan fingerprint density at radius 2 is 1.84 bits per heavy atom. The van der Waals surface area contributed by atoms with Gasteiger partial charge in [0.05, 0.1) is 0 Å². The predicted molar refractivity (Wildman–Crippen MR) is 81.2 cm³/mol. The summed E-state index contributed by atoms with van der Waals surface area (Å²) in [5, 5.41) is 0. The van der Waals surface area contributed by atoms with E-state index in [1.54, 1.807) is 5.57 Å². The zero-order chi connectivity index (χ0) is 14.5. The van der Waals surface area contributed by atoms with Crippen molar-refractivity contribution in [1.82, 2.24) is 0 Å². The van der Waals surface area contributed by atoms with Crippen molar-refractivity contribution in [3.05, 3.63) is 11.6 Å². The Labute approximate surface area is 119 Å². The summed E-state index contributed by atoms with van der Waals surface area (Å²) in [6.07, 6.45) is 7.03. The summed E-state index contributed by atoms with van der Waals surface area (Å²) < 4.78 is 11.6. The van der Waals surface area contributed by atoms with Crippen LogP contribution in [-0.4, -0.2) is 19.0 Å². The number of allylic oxidation sites excluding steroid dienone is 2. The average Bonchev–Trinajstić information content (AvgIpc) is 2.28. The molecule has 0 heterocycles. The van der Waals surface area contributed by atoms with Gasteiger partial charge in [0.15, 0.2) is 5.79 Å². The maximum atomic E-state index is 5.82. The molecule has 1 unspecified atom stereocenters. The third-order valence-electron chi connectivity index (χ3n) is 4.53. The smallest absolute Gasteiger partial charge is 0.165 e. The molecule has 112 valence electrons. The SMILES string of the molecule is CCOC(C)(CCC1C(C)=CCCC1(C)C)OCC. The molecule has 0 saturated carbocycles. The van der Waals surface area contributed by atoms with E-state index in [0.717, 1.165) is 12.8 Å². The topological polar surface area (TPSA) is 18.5 Å². The molecule has 1 aliphatic carbocycles. The Balaban J connectivity index is 2.67. The Hall–Kier alpha value is -0.340. The van der Waals surface area contributed by atoms with E-state index in [-0.39, 0.29) is 0 Å². The monoisotopic (exact) mass is 268 g/mol. The second-order valence-electron chi connectivity index (χ2n) is 6.57. The zero-order valence-electron chi connectivity index (χ0n) is 13.7. The van der Waals surface area contributed by atoms with Gasteiger partial charge in [-0.2, -0.15) is 0 Å². The molecule has 0 aromatic rings. The van der Waals surface area contributed by atoms with Gasteiger partial charge < -0.3 is 9.47 Å². The van der Waals surface area contributed by atoms with Crippen LogP contribution in [-0.2, 0) is 9.47 Å². The molecule has 0 aliphatic heterocycles. The molecule has 0 radical (unpaired) electrons. The molecule has 1 aliphatic rings. The molecule has 1 atom stereocenters. The van der Waals surface area contributed by atoms with Crippen LogP contribution in [0.5, 0.6) is 0 Å². The highest BCUT2D eigenvalue weighted by molar-refractivity contribution is 5.12. The Morgan fingerprint density at radius 3 is 2.32 bits per heavy atom. The standard InChI is InChI=1S/C17H32O2/c1-7-18-17(6,19-8-2)13-11-15-14(3)10-9-12-16(15,4)5/h10,15H,7-9,11-13H2,1-6H3. The third-order valence-corrected chi connectivity index (χ3v) is 4.53. The summed E-state index contributed by atoms with van der Waals surface area (Å²) in [5.41, 5.74) is 1.95. The zero-order valence-corrected chi connectivity index (χ0v) is 13.7. The average molecular weight is 268 g/mol. The van der Waals surface area contributed by atoms with Gasteiger partial charge in [-0.3, -0.25) is 0 Å². The van der Waals surface area contributed by atoms with Gasteiger partial charge in [0.1, 0.15) is 0 Å². The molecular formula is C17H32O2. The van der Waals surface area contributed by atoms with E-state index in [2.05, 4.69) is 33.8 Å². The molecule has 1 rings (SSSR count). The minimum atomic E-state index is -0.419. The van der Waals surface area contributed by atoms with Crippen LogP contribution in [0.1, 0.15) is 67.2 Å². The van der Waals surface area contributed by atoms with Gasteiger partial charge in [-0.25, -0.2) is 0 Å². The first kappa shape index (κ1) is 16.7. The van der Waals surface area contributed by atoms with Gasteiger partial charge in [0.25, 0.3) is 0 Å². The minimum absolute atomic E-state index is 0.401. The van der Waals surface area contributed by atoms with Crippen molar-refractivity contribution in [2.45, 2.75) is 73.0 Å². The van der Waals surface area contributed by atoms with Crippen LogP contribution in [0.4, 0.5) is 0 Å². The summed E-state index contributed by atoms with van der Waals surface area (Å²) in [5.74, 6) is 0.235. The molecule has 0 amide bonds. The lowest BCUT2D eigenvalue weighted by Crippen LogP contribution is -2.35. The van der Waals surface area contributed by atoms with Crippen LogP contribution in [0.2, 0.25) is 0 Å². The maximum Gasteiger partial charge on any atom is 0.165 e. The summed E-state index contributed by atoms with van der Waals surface area (Å²) >= 11 is 0. The van der Waals surface area contributed by atoms with Crippen LogP contribution in [0.15, 0.2) is 11.6 Å². The van der Waals surface area contributed by atoms with Crippen molar-refractivity contribution < 1.29 is 9.47 Å². The molecule has 0 aromatic heterocycles. The van der Waals surface area contributed by atoms with Crippen molar-refractivity contribution in [2.75, 3.05) is 13.2 Å². The molecule has 2 heteroatoms. The van der Waals surface area contributed by atoms with E-state index in [1.807, 2.05) is 13.8 Å². The third kappa shape index (κ3) is 4.61. The molecule has 0 N–H and O–H groups in total. The van der Waals surface area contributed by atoms with Gasteiger partial charge in [0.2, 0.25) is 0 Å². The van der Waals surface area contributed by atoms with E-state index in [9.17, 15) is 0 Å². The second-order valence-corrected chi connectivity index (χ2v) is 6.57. The van der Waals surface area contributed by atoms with Crippen molar-refractivity contribution in [1.29, 1.82) is 0 Å². The Bertz CT molecular complexity index is 298. The van der Waals surface area contributed by atoms with Crippen LogP contribution in [0.25, 0.3) is 0 Å². The van der Waals surface area contributed by atoms with Crippen LogP contribution in [0, 0.1) is 11.3 Å². The highest BCUT2D eigenvalue weighted by Crippen LogP contribution is 2.44. The number of hydrogen-bond donors (Lipinski definition) is 0. The molecule has 0 aromatic carbocycles. The van der Waals surface area contributed by atoms with Crippen LogP contribution in [0.3, 0.4) is 0 Å². The van der Waals surface area contributed by atoms with E-state index in [4.69, 9.17) is 9.47 Å². The van der Waals surface area contributed by atoms with Crippen molar-refractivity contribution >= 4 is 0 Å². The highest BCUT2D eigenvalue weighted by atomic mass is 16.7. The molecule has 0 saturated heterocycles. The quantitative estimate of drug-likeness (QED) is 0.481. The summed E-state index contributed by atoms with van der Waals surface area (Å²) in [4.78, 5) is 0. The van der Waals surface area contributed by atoms with Gasteiger partial charge in [-0.05, 0) is 58.3 Å². The van der Waals surface area contributed by atoms with Crippen molar-refractivity contribution in [3.8, 4) is 0 Å². The fourth-order valence-corrected chi connectivity index (χ4v) is 3.43. The lowest BCUT2D eigenvalue weighted by Gasteiger charge is -2.40. The number of hydrogen-bond acceptors (Lipinski definition) is 2. The van der Waals surface area contributed by atoms with Crippen LogP contribution >= 0.6 is 0 Å². The first-order valence-corrected chi connectivity index (χ1v) is 7.79. The lowest BCUT2D eigenvalue weighted by atomic mass is 9.67. The predicted octanol–water partition coefficient (Wildman–Crippen LogP) is 4.94. The van der Waals surface area contributed by atoms with Crippen molar-refractivity contribution in [2.24, 2.45) is 11.3 Å². The Morgan fingerprint density at radius 1 is 1.26 bits per heavy atom. The fourth-order valence-electron chi connectivity index (χ4n) is 3.43. The lowest BCUT2D eigenvalue weighted by molar-refractivity contribution is -0.226. The highest BCUT2D eigenvalue weighted by Gasteiger charge is 2.35. The fraction of sp³-hybridized carbons (Fsp3) is 0.882. The summed E-state index contributed by atoms with van der Waals surface area (Å²) in [6, 6.07) is 0.